The summed E-state index contributed by atoms with van der Waals surface area (Å²) in [6.07, 6.45) is 5.06. The third-order valence-corrected chi connectivity index (χ3v) is 4.40. The van der Waals surface area contributed by atoms with Gasteiger partial charge in [-0.05, 0) is 49.6 Å². The van der Waals surface area contributed by atoms with Gasteiger partial charge in [0.1, 0.15) is 17.8 Å². The van der Waals surface area contributed by atoms with Crippen molar-refractivity contribution in [3.63, 3.8) is 0 Å². The second-order valence-corrected chi connectivity index (χ2v) is 6.32. The zero-order chi connectivity index (χ0) is 18.4. The Kier molecular flexibility index (Phi) is 5.94. The van der Waals surface area contributed by atoms with E-state index in [1.54, 1.807) is 35.2 Å². The molecule has 0 aliphatic carbocycles. The summed E-state index contributed by atoms with van der Waals surface area (Å²) in [6, 6.07) is 8.71. The molecule has 0 spiro atoms. The molecule has 0 saturated carbocycles. The predicted octanol–water partition coefficient (Wildman–Crippen LogP) is 3.53. The number of amides is 1. The van der Waals surface area contributed by atoms with Crippen molar-refractivity contribution in [2.24, 2.45) is 5.92 Å². The lowest BCUT2D eigenvalue weighted by Crippen LogP contribution is -2.41. The number of likely N-dealkylation sites (tertiary alicyclic amines) is 1. The van der Waals surface area contributed by atoms with Crippen molar-refractivity contribution < 1.29 is 23.5 Å². The molecule has 0 radical (unpaired) electrons. The molecule has 6 nitrogen and oxygen atoms in total. The molecule has 1 fully saturated rings. The molecule has 0 atom stereocenters. The number of hydrogen-bond donors (Lipinski definition) is 0. The van der Waals surface area contributed by atoms with E-state index in [9.17, 15) is 9.59 Å². The van der Waals surface area contributed by atoms with Gasteiger partial charge in [0, 0.05) is 13.1 Å². The predicted molar refractivity (Wildman–Crippen MR) is 95.2 cm³/mol. The van der Waals surface area contributed by atoms with E-state index in [-0.39, 0.29) is 17.8 Å². The molecule has 0 bridgehead atoms. The van der Waals surface area contributed by atoms with E-state index in [2.05, 4.69) is 0 Å². The molecule has 1 amide bonds. The molecular weight excluding hydrogens is 334 g/mol. The smallest absolute Gasteiger partial charge is 0.314 e. The number of hydrogen-bond acceptors (Lipinski definition) is 5. The lowest BCUT2D eigenvalue weighted by atomic mass is 9.96. The second-order valence-electron chi connectivity index (χ2n) is 6.32. The van der Waals surface area contributed by atoms with Gasteiger partial charge in [-0.15, -0.1) is 0 Å². The van der Waals surface area contributed by atoms with Crippen molar-refractivity contribution in [1.29, 1.82) is 0 Å². The molecule has 2 heterocycles. The van der Waals surface area contributed by atoms with Crippen LogP contribution < -0.4 is 9.47 Å². The van der Waals surface area contributed by atoms with Gasteiger partial charge in [0.15, 0.2) is 0 Å². The average molecular weight is 357 g/mol. The SMILES string of the molecule is CCCOc1ccc(OC(=O)C2CCN(C(=O)c3ccoc3)CC2)cc1. The van der Waals surface area contributed by atoms with Crippen LogP contribution >= 0.6 is 0 Å². The molecule has 1 aliphatic heterocycles. The average Bonchev–Trinajstić information content (AvgIpc) is 3.22. The fourth-order valence-electron chi connectivity index (χ4n) is 2.91. The molecule has 3 rings (SSSR count). The third kappa shape index (κ3) is 4.45. The van der Waals surface area contributed by atoms with Crippen molar-refractivity contribution in [3.8, 4) is 11.5 Å². The topological polar surface area (TPSA) is 69.0 Å². The van der Waals surface area contributed by atoms with Crippen LogP contribution in [0.4, 0.5) is 0 Å². The van der Waals surface area contributed by atoms with Gasteiger partial charge in [-0.3, -0.25) is 9.59 Å². The van der Waals surface area contributed by atoms with Crippen LogP contribution in [0.5, 0.6) is 11.5 Å². The van der Waals surface area contributed by atoms with Crippen LogP contribution in [0.3, 0.4) is 0 Å². The molecule has 1 aromatic heterocycles. The molecule has 6 heteroatoms. The van der Waals surface area contributed by atoms with E-state index in [1.807, 2.05) is 6.92 Å². The first-order valence-corrected chi connectivity index (χ1v) is 8.93. The maximum atomic E-state index is 12.4. The Hall–Kier alpha value is -2.76. The lowest BCUT2D eigenvalue weighted by Gasteiger charge is -2.30. The number of benzene rings is 1. The Balaban J connectivity index is 1.48. The van der Waals surface area contributed by atoms with Gasteiger partial charge in [-0.1, -0.05) is 6.92 Å². The van der Waals surface area contributed by atoms with Crippen LogP contribution in [0.2, 0.25) is 0 Å². The van der Waals surface area contributed by atoms with E-state index in [1.165, 1.54) is 12.5 Å². The largest absolute Gasteiger partial charge is 0.494 e. The highest BCUT2D eigenvalue weighted by Crippen LogP contribution is 2.23. The van der Waals surface area contributed by atoms with Gasteiger partial charge in [0.25, 0.3) is 5.91 Å². The maximum absolute atomic E-state index is 12.4. The molecule has 1 aliphatic rings. The number of furan rings is 1. The molecule has 0 N–H and O–H groups in total. The summed E-state index contributed by atoms with van der Waals surface area (Å²) < 4.78 is 15.9. The summed E-state index contributed by atoms with van der Waals surface area (Å²) in [6.45, 7) is 3.78. The highest BCUT2D eigenvalue weighted by molar-refractivity contribution is 5.94. The quantitative estimate of drug-likeness (QED) is 0.584. The Morgan fingerprint density at radius 2 is 1.81 bits per heavy atom. The first kappa shape index (κ1) is 18.0. The van der Waals surface area contributed by atoms with Crippen LogP contribution in [0.25, 0.3) is 0 Å². The van der Waals surface area contributed by atoms with Gasteiger partial charge in [-0.25, -0.2) is 0 Å². The fraction of sp³-hybridized carbons (Fsp3) is 0.400. The summed E-state index contributed by atoms with van der Waals surface area (Å²) in [5.41, 5.74) is 0.538. The highest BCUT2D eigenvalue weighted by Gasteiger charge is 2.29. The van der Waals surface area contributed by atoms with E-state index in [0.717, 1.165) is 12.2 Å². The summed E-state index contributed by atoms with van der Waals surface area (Å²) in [5, 5.41) is 0. The number of nitrogens with zero attached hydrogens (tertiary/aromatic N) is 1. The number of esters is 1. The summed E-state index contributed by atoms with van der Waals surface area (Å²) >= 11 is 0. The van der Waals surface area contributed by atoms with Gasteiger partial charge in [0.2, 0.25) is 0 Å². The molecule has 26 heavy (non-hydrogen) atoms. The molecular formula is C20H23NO5. The van der Waals surface area contributed by atoms with E-state index in [0.29, 0.717) is 43.9 Å². The van der Waals surface area contributed by atoms with Crippen molar-refractivity contribution in [3.05, 3.63) is 48.4 Å². The maximum Gasteiger partial charge on any atom is 0.314 e. The first-order valence-electron chi connectivity index (χ1n) is 8.93. The van der Waals surface area contributed by atoms with Crippen LogP contribution in [-0.2, 0) is 4.79 Å². The van der Waals surface area contributed by atoms with Gasteiger partial charge < -0.3 is 18.8 Å². The number of ether oxygens (including phenoxy) is 2. The lowest BCUT2D eigenvalue weighted by molar-refractivity contribution is -0.140. The van der Waals surface area contributed by atoms with E-state index < -0.39 is 0 Å². The Bertz CT molecular complexity index is 715. The summed E-state index contributed by atoms with van der Waals surface area (Å²) in [7, 11) is 0. The molecule has 1 saturated heterocycles. The second kappa shape index (κ2) is 8.56. The van der Waals surface area contributed by atoms with Gasteiger partial charge in [0.05, 0.1) is 24.4 Å². The summed E-state index contributed by atoms with van der Waals surface area (Å²) in [5.74, 6) is 0.767. The minimum atomic E-state index is -0.248. The zero-order valence-corrected chi connectivity index (χ0v) is 14.8. The minimum absolute atomic E-state index is 0.0618. The minimum Gasteiger partial charge on any atom is -0.494 e. The Morgan fingerprint density at radius 3 is 2.42 bits per heavy atom. The van der Waals surface area contributed by atoms with Crippen LogP contribution in [0, 0.1) is 5.92 Å². The van der Waals surface area contributed by atoms with E-state index in [4.69, 9.17) is 13.9 Å². The van der Waals surface area contributed by atoms with Crippen molar-refractivity contribution >= 4 is 11.9 Å². The summed E-state index contributed by atoms with van der Waals surface area (Å²) in [4.78, 5) is 26.4. The molecule has 0 unspecified atom stereocenters. The standard InChI is InChI=1S/C20H23NO5/c1-2-12-25-17-3-5-18(6-4-17)26-20(23)15-7-10-21(11-8-15)19(22)16-9-13-24-14-16/h3-6,9,13-15H,2,7-8,10-12H2,1H3. The molecule has 138 valence electrons. The van der Waals surface area contributed by atoms with E-state index >= 15 is 0 Å². The normalized spacial score (nSPS) is 14.9. The highest BCUT2D eigenvalue weighted by atomic mass is 16.5. The van der Waals surface area contributed by atoms with Gasteiger partial charge in [-0.2, -0.15) is 0 Å². The van der Waals surface area contributed by atoms with Crippen molar-refractivity contribution in [1.82, 2.24) is 4.90 Å². The Labute approximate surface area is 152 Å². The van der Waals surface area contributed by atoms with Gasteiger partial charge >= 0.3 is 5.97 Å². The van der Waals surface area contributed by atoms with Crippen molar-refractivity contribution in [2.75, 3.05) is 19.7 Å². The molecule has 2 aromatic rings. The molecule has 1 aromatic carbocycles. The number of piperidine rings is 1. The number of carbonyl (C=O) groups excluding carboxylic acids is 2. The van der Waals surface area contributed by atoms with Crippen LogP contribution in [0.1, 0.15) is 36.5 Å². The first-order chi connectivity index (χ1) is 12.7. The zero-order valence-electron chi connectivity index (χ0n) is 14.8. The monoisotopic (exact) mass is 357 g/mol. The Morgan fingerprint density at radius 1 is 1.12 bits per heavy atom. The number of rotatable bonds is 6. The fourth-order valence-corrected chi connectivity index (χ4v) is 2.91. The van der Waals surface area contributed by atoms with Crippen molar-refractivity contribution in [2.45, 2.75) is 26.2 Å². The third-order valence-electron chi connectivity index (χ3n) is 4.40. The van der Waals surface area contributed by atoms with Crippen LogP contribution in [-0.4, -0.2) is 36.5 Å². The number of carbonyl (C=O) groups is 2. The van der Waals surface area contributed by atoms with Crippen LogP contribution in [0.15, 0.2) is 47.3 Å².